The summed E-state index contributed by atoms with van der Waals surface area (Å²) >= 11 is 0. The zero-order valence-electron chi connectivity index (χ0n) is 9.12. The van der Waals surface area contributed by atoms with Gasteiger partial charge in [0.25, 0.3) is 10.2 Å². The normalized spacial score (nSPS) is 11.6. The van der Waals surface area contributed by atoms with E-state index in [1.807, 2.05) is 4.72 Å². The molecule has 100 valence electrons. The Kier molecular flexibility index (Phi) is 6.65. The van der Waals surface area contributed by atoms with Gasteiger partial charge < -0.3 is 14.9 Å². The highest BCUT2D eigenvalue weighted by molar-refractivity contribution is 7.87. The van der Waals surface area contributed by atoms with Crippen LogP contribution in [0.25, 0.3) is 0 Å². The van der Waals surface area contributed by atoms with Crippen LogP contribution in [-0.4, -0.2) is 68.2 Å². The van der Waals surface area contributed by atoms with Crippen molar-refractivity contribution < 1.29 is 33.0 Å². The second kappa shape index (κ2) is 7.17. The fourth-order valence-electron chi connectivity index (χ4n) is 0.892. The van der Waals surface area contributed by atoms with Gasteiger partial charge in [0.1, 0.15) is 13.1 Å². The van der Waals surface area contributed by atoms with Crippen molar-refractivity contribution in [1.82, 2.24) is 9.03 Å². The summed E-state index contributed by atoms with van der Waals surface area (Å²) in [6.45, 7) is -1.83. The third kappa shape index (κ3) is 6.84. The first kappa shape index (κ1) is 15.8. The van der Waals surface area contributed by atoms with Gasteiger partial charge in [0, 0.05) is 13.7 Å². The molecule has 0 fully saturated rings. The van der Waals surface area contributed by atoms with E-state index in [0.29, 0.717) is 4.31 Å². The number of carboxylic acids is 2. The summed E-state index contributed by atoms with van der Waals surface area (Å²) in [5, 5.41) is 17.0. The number of rotatable bonds is 9. The summed E-state index contributed by atoms with van der Waals surface area (Å²) in [4.78, 5) is 20.8. The fourth-order valence-corrected chi connectivity index (χ4v) is 1.98. The lowest BCUT2D eigenvalue weighted by molar-refractivity contribution is -0.139. The molecular weight excluding hydrogens is 256 g/mol. The van der Waals surface area contributed by atoms with E-state index in [1.54, 1.807) is 0 Å². The second-order valence-electron chi connectivity index (χ2n) is 2.95. The van der Waals surface area contributed by atoms with Gasteiger partial charge in [0.15, 0.2) is 0 Å². The zero-order chi connectivity index (χ0) is 13.5. The number of nitrogens with one attached hydrogen (secondary N) is 1. The largest absolute Gasteiger partial charge is 0.480 e. The molecule has 10 heteroatoms. The highest BCUT2D eigenvalue weighted by Crippen LogP contribution is 1.97. The molecule has 0 aliphatic carbocycles. The summed E-state index contributed by atoms with van der Waals surface area (Å²) in [6, 6.07) is 0. The summed E-state index contributed by atoms with van der Waals surface area (Å²) in [5.74, 6) is -2.88. The maximum atomic E-state index is 11.5. The van der Waals surface area contributed by atoms with E-state index < -0.39 is 35.2 Å². The molecule has 0 atom stereocenters. The van der Waals surface area contributed by atoms with E-state index in [1.165, 1.54) is 7.11 Å². The molecule has 0 rings (SSSR count). The molecule has 3 N–H and O–H groups in total. The predicted octanol–water partition coefficient (Wildman–Crippen LogP) is -2.06. The van der Waals surface area contributed by atoms with E-state index in [-0.39, 0.29) is 13.2 Å². The highest BCUT2D eigenvalue weighted by Gasteiger charge is 2.26. The lowest BCUT2D eigenvalue weighted by Crippen LogP contribution is -2.46. The second-order valence-corrected chi connectivity index (χ2v) is 4.70. The van der Waals surface area contributed by atoms with Crippen molar-refractivity contribution in [2.75, 3.05) is 33.4 Å². The Morgan fingerprint density at radius 3 is 2.06 bits per heavy atom. The Hall–Kier alpha value is -1.23. The predicted molar refractivity (Wildman–Crippen MR) is 55.6 cm³/mol. The van der Waals surface area contributed by atoms with Crippen LogP contribution in [0.3, 0.4) is 0 Å². The van der Waals surface area contributed by atoms with Crippen LogP contribution in [0.2, 0.25) is 0 Å². The smallest absolute Gasteiger partial charge is 0.318 e. The van der Waals surface area contributed by atoms with E-state index in [9.17, 15) is 18.0 Å². The van der Waals surface area contributed by atoms with Gasteiger partial charge in [0.2, 0.25) is 0 Å². The number of hydrogen-bond donors (Lipinski definition) is 3. The van der Waals surface area contributed by atoms with Gasteiger partial charge >= 0.3 is 11.9 Å². The first-order valence-electron chi connectivity index (χ1n) is 4.47. The summed E-state index contributed by atoms with van der Waals surface area (Å²) < 4.78 is 29.9. The highest BCUT2D eigenvalue weighted by atomic mass is 32.2. The van der Waals surface area contributed by atoms with Crippen LogP contribution >= 0.6 is 0 Å². The molecule has 0 aliphatic heterocycles. The molecule has 0 saturated carbocycles. The van der Waals surface area contributed by atoms with Crippen LogP contribution in [0.15, 0.2) is 0 Å². The molecule has 0 amide bonds. The van der Waals surface area contributed by atoms with Crippen molar-refractivity contribution >= 4 is 22.1 Å². The van der Waals surface area contributed by atoms with E-state index in [0.717, 1.165) is 0 Å². The zero-order valence-corrected chi connectivity index (χ0v) is 9.94. The molecule has 9 nitrogen and oxygen atoms in total. The van der Waals surface area contributed by atoms with E-state index in [4.69, 9.17) is 10.2 Å². The molecular formula is C7H14N2O7S. The number of aliphatic carboxylic acids is 2. The maximum absolute atomic E-state index is 11.5. The number of methoxy groups -OCH3 is 1. The molecule has 0 bridgehead atoms. The third-order valence-corrected chi connectivity index (χ3v) is 3.06. The monoisotopic (exact) mass is 270 g/mol. The summed E-state index contributed by atoms with van der Waals surface area (Å²) in [5.41, 5.74) is 0. The lowest BCUT2D eigenvalue weighted by Gasteiger charge is -2.18. The van der Waals surface area contributed by atoms with Crippen LogP contribution in [0.1, 0.15) is 0 Å². The minimum absolute atomic E-state index is 0.0748. The Morgan fingerprint density at radius 2 is 1.71 bits per heavy atom. The van der Waals surface area contributed by atoms with Crippen LogP contribution in [-0.2, 0) is 24.5 Å². The number of nitrogens with zero attached hydrogens (tertiary/aromatic N) is 1. The summed E-state index contributed by atoms with van der Waals surface area (Å²) in [6.07, 6.45) is 0. The Morgan fingerprint density at radius 1 is 1.24 bits per heavy atom. The number of ether oxygens (including phenoxy) is 1. The van der Waals surface area contributed by atoms with Gasteiger partial charge in [-0.2, -0.15) is 17.4 Å². The Labute approximate surface area is 98.2 Å². The van der Waals surface area contributed by atoms with Crippen molar-refractivity contribution in [3.63, 3.8) is 0 Å². The van der Waals surface area contributed by atoms with Gasteiger partial charge in [-0.1, -0.05) is 0 Å². The standard InChI is InChI=1S/C7H14N2O7S/c1-16-3-2-8-17(14,15)9(4-6(10)11)5-7(12)13/h8H,2-5H2,1H3,(H,10,11)(H,12,13). The van der Waals surface area contributed by atoms with Gasteiger partial charge in [-0.25, -0.2) is 0 Å². The first-order chi connectivity index (χ1) is 7.79. The van der Waals surface area contributed by atoms with Crippen molar-refractivity contribution in [2.24, 2.45) is 0 Å². The molecule has 0 aromatic heterocycles. The summed E-state index contributed by atoms with van der Waals surface area (Å²) in [7, 11) is -2.78. The molecule has 0 spiro atoms. The third-order valence-electron chi connectivity index (χ3n) is 1.55. The first-order valence-corrected chi connectivity index (χ1v) is 5.91. The topological polar surface area (TPSA) is 133 Å². The SMILES string of the molecule is COCCNS(=O)(=O)N(CC(=O)O)CC(=O)O. The molecule has 17 heavy (non-hydrogen) atoms. The van der Waals surface area contributed by atoms with Crippen LogP contribution in [0, 0.1) is 0 Å². The van der Waals surface area contributed by atoms with Gasteiger partial charge in [-0.15, -0.1) is 0 Å². The molecule has 0 unspecified atom stereocenters. The minimum atomic E-state index is -4.14. The van der Waals surface area contributed by atoms with Crippen molar-refractivity contribution in [3.8, 4) is 0 Å². The molecule has 0 aliphatic rings. The van der Waals surface area contributed by atoms with Crippen molar-refractivity contribution in [2.45, 2.75) is 0 Å². The van der Waals surface area contributed by atoms with E-state index in [2.05, 4.69) is 4.74 Å². The number of hydrogen-bond acceptors (Lipinski definition) is 5. The van der Waals surface area contributed by atoms with Gasteiger partial charge in [0.05, 0.1) is 6.61 Å². The van der Waals surface area contributed by atoms with Gasteiger partial charge in [-0.3, -0.25) is 9.59 Å². The van der Waals surface area contributed by atoms with Crippen molar-refractivity contribution in [3.05, 3.63) is 0 Å². The quantitative estimate of drug-likeness (QED) is 0.410. The average molecular weight is 270 g/mol. The van der Waals surface area contributed by atoms with Crippen LogP contribution in [0.4, 0.5) is 0 Å². The fraction of sp³-hybridized carbons (Fsp3) is 0.714. The molecule has 0 aromatic carbocycles. The molecule has 0 aromatic rings. The van der Waals surface area contributed by atoms with Gasteiger partial charge in [-0.05, 0) is 0 Å². The molecule has 0 radical (unpaired) electrons. The van der Waals surface area contributed by atoms with Crippen molar-refractivity contribution in [1.29, 1.82) is 0 Å². The Balaban J connectivity index is 4.64. The number of carbonyl (C=O) groups is 2. The molecule has 0 heterocycles. The molecule has 0 saturated heterocycles. The lowest BCUT2D eigenvalue weighted by atomic mass is 10.6. The minimum Gasteiger partial charge on any atom is -0.480 e. The average Bonchev–Trinajstić information content (AvgIpc) is 2.15. The van der Waals surface area contributed by atoms with Crippen LogP contribution < -0.4 is 4.72 Å². The van der Waals surface area contributed by atoms with Crippen LogP contribution in [0.5, 0.6) is 0 Å². The maximum Gasteiger partial charge on any atom is 0.318 e. The van der Waals surface area contributed by atoms with E-state index >= 15 is 0 Å². The number of carboxylic acid groups (broad SMARTS) is 2. The Bertz CT molecular complexity index is 350.